The Hall–Kier alpha value is -1.10. The van der Waals surface area contributed by atoms with Crippen LogP contribution < -0.4 is 16.0 Å². The molecule has 3 N–H and O–H groups in total. The number of nitrogens with one attached hydrogen (secondary N) is 3. The van der Waals surface area contributed by atoms with Gasteiger partial charge in [-0.1, -0.05) is 0 Å². The molecule has 0 aromatic rings. The molecule has 0 unspecified atom stereocenters. The number of likely N-dealkylation sites (N-methyl/N-ethyl adjacent to an activating group) is 1. The number of rotatable bonds is 3. The van der Waals surface area contributed by atoms with Crippen LogP contribution in [0.15, 0.2) is 0 Å². The predicted octanol–water partition coefficient (Wildman–Crippen LogP) is -1.54. The van der Waals surface area contributed by atoms with Gasteiger partial charge in [0.1, 0.15) is 0 Å². The summed E-state index contributed by atoms with van der Waals surface area (Å²) in [6.07, 6.45) is 0.861. The van der Waals surface area contributed by atoms with Crippen LogP contribution >= 0.6 is 0 Å². The summed E-state index contributed by atoms with van der Waals surface area (Å²) < 4.78 is 0. The first kappa shape index (κ1) is 9.98. The Morgan fingerprint density at radius 1 is 1.54 bits per heavy atom. The van der Waals surface area contributed by atoms with Crippen LogP contribution in [-0.4, -0.2) is 38.5 Å². The lowest BCUT2D eigenvalue weighted by atomic mass is 10.1. The van der Waals surface area contributed by atoms with Gasteiger partial charge in [0.15, 0.2) is 0 Å². The Kier molecular flexibility index (Phi) is 3.70. The van der Waals surface area contributed by atoms with E-state index in [9.17, 15) is 9.59 Å². The fourth-order valence-corrected chi connectivity index (χ4v) is 1.28. The fraction of sp³-hybridized carbons (Fsp3) is 0.750. The van der Waals surface area contributed by atoms with Crippen molar-refractivity contribution in [2.75, 3.05) is 26.7 Å². The van der Waals surface area contributed by atoms with Gasteiger partial charge >= 0.3 is 0 Å². The SMILES string of the molecule is CNC(=O)CNC(=O)[C@@H]1CCNC1. The third-order valence-corrected chi connectivity index (χ3v) is 2.13. The summed E-state index contributed by atoms with van der Waals surface area (Å²) in [6.45, 7) is 1.68. The van der Waals surface area contributed by atoms with E-state index in [0.717, 1.165) is 19.5 Å². The van der Waals surface area contributed by atoms with Crippen LogP contribution in [0.25, 0.3) is 0 Å². The van der Waals surface area contributed by atoms with Gasteiger partial charge in [0.2, 0.25) is 11.8 Å². The van der Waals surface area contributed by atoms with Crippen molar-refractivity contribution < 1.29 is 9.59 Å². The zero-order chi connectivity index (χ0) is 9.68. The van der Waals surface area contributed by atoms with Gasteiger partial charge in [0.05, 0.1) is 12.5 Å². The first-order chi connectivity index (χ1) is 6.24. The average molecular weight is 185 g/mol. The van der Waals surface area contributed by atoms with E-state index in [0.29, 0.717) is 0 Å². The number of hydrogen-bond acceptors (Lipinski definition) is 3. The van der Waals surface area contributed by atoms with E-state index in [1.165, 1.54) is 0 Å². The Morgan fingerprint density at radius 3 is 2.85 bits per heavy atom. The minimum atomic E-state index is -0.167. The zero-order valence-corrected chi connectivity index (χ0v) is 7.72. The minimum absolute atomic E-state index is 0.0321. The molecule has 5 nitrogen and oxygen atoms in total. The van der Waals surface area contributed by atoms with E-state index < -0.39 is 0 Å². The molecule has 1 heterocycles. The highest BCUT2D eigenvalue weighted by atomic mass is 16.2. The molecule has 0 aromatic heterocycles. The van der Waals surface area contributed by atoms with Crippen molar-refractivity contribution >= 4 is 11.8 Å². The van der Waals surface area contributed by atoms with Crippen LogP contribution in [0.1, 0.15) is 6.42 Å². The third-order valence-electron chi connectivity index (χ3n) is 2.13. The van der Waals surface area contributed by atoms with Gasteiger partial charge in [-0.25, -0.2) is 0 Å². The second-order valence-corrected chi connectivity index (χ2v) is 3.08. The van der Waals surface area contributed by atoms with Gasteiger partial charge < -0.3 is 16.0 Å². The summed E-state index contributed by atoms with van der Waals surface area (Å²) >= 11 is 0. The smallest absolute Gasteiger partial charge is 0.239 e. The lowest BCUT2D eigenvalue weighted by Gasteiger charge is -2.08. The van der Waals surface area contributed by atoms with Gasteiger partial charge in [-0.05, 0) is 13.0 Å². The summed E-state index contributed by atoms with van der Waals surface area (Å²) in [6, 6.07) is 0. The maximum atomic E-state index is 11.3. The molecule has 0 radical (unpaired) electrons. The summed E-state index contributed by atoms with van der Waals surface area (Å²) in [5.74, 6) is -0.169. The monoisotopic (exact) mass is 185 g/mol. The molecule has 1 rings (SSSR count). The molecule has 1 aliphatic heterocycles. The Balaban J connectivity index is 2.20. The van der Waals surface area contributed by atoms with Gasteiger partial charge in [-0.15, -0.1) is 0 Å². The van der Waals surface area contributed by atoms with Crippen molar-refractivity contribution in [3.05, 3.63) is 0 Å². The molecule has 2 amide bonds. The number of carbonyl (C=O) groups excluding carboxylic acids is 2. The summed E-state index contributed by atoms with van der Waals surface area (Å²) in [7, 11) is 1.55. The molecule has 74 valence electrons. The van der Waals surface area contributed by atoms with E-state index in [2.05, 4.69) is 16.0 Å². The highest BCUT2D eigenvalue weighted by Crippen LogP contribution is 2.06. The first-order valence-electron chi connectivity index (χ1n) is 4.43. The van der Waals surface area contributed by atoms with Crippen molar-refractivity contribution in [2.45, 2.75) is 6.42 Å². The largest absolute Gasteiger partial charge is 0.358 e. The molecule has 0 aliphatic carbocycles. The third kappa shape index (κ3) is 3.02. The van der Waals surface area contributed by atoms with Crippen molar-refractivity contribution in [1.29, 1.82) is 0 Å². The quantitative estimate of drug-likeness (QED) is 0.499. The summed E-state index contributed by atoms with van der Waals surface area (Å²) in [5.41, 5.74) is 0. The topological polar surface area (TPSA) is 70.2 Å². The molecule has 0 saturated carbocycles. The van der Waals surface area contributed by atoms with Crippen molar-refractivity contribution in [3.63, 3.8) is 0 Å². The lowest BCUT2D eigenvalue weighted by molar-refractivity contribution is -0.128. The average Bonchev–Trinajstić information content (AvgIpc) is 2.66. The van der Waals surface area contributed by atoms with Crippen molar-refractivity contribution in [2.24, 2.45) is 5.92 Å². The van der Waals surface area contributed by atoms with Gasteiger partial charge in [0.25, 0.3) is 0 Å². The maximum Gasteiger partial charge on any atom is 0.239 e. The van der Waals surface area contributed by atoms with Crippen LogP contribution in [-0.2, 0) is 9.59 Å². The van der Waals surface area contributed by atoms with E-state index >= 15 is 0 Å². The maximum absolute atomic E-state index is 11.3. The number of amides is 2. The van der Waals surface area contributed by atoms with Gasteiger partial charge in [-0.2, -0.15) is 0 Å². The van der Waals surface area contributed by atoms with Crippen LogP contribution in [0.4, 0.5) is 0 Å². The fourth-order valence-electron chi connectivity index (χ4n) is 1.28. The Bertz CT molecular complexity index is 200. The highest BCUT2D eigenvalue weighted by molar-refractivity contribution is 5.85. The molecule has 13 heavy (non-hydrogen) atoms. The summed E-state index contributed by atoms with van der Waals surface area (Å²) in [5, 5.41) is 8.12. The van der Waals surface area contributed by atoms with E-state index in [1.807, 2.05) is 0 Å². The van der Waals surface area contributed by atoms with Gasteiger partial charge in [-0.3, -0.25) is 9.59 Å². The highest BCUT2D eigenvalue weighted by Gasteiger charge is 2.22. The number of hydrogen-bond donors (Lipinski definition) is 3. The molecule has 5 heteroatoms. The van der Waals surface area contributed by atoms with Crippen molar-refractivity contribution in [3.8, 4) is 0 Å². The molecule has 1 atom stereocenters. The molecule has 0 bridgehead atoms. The molecule has 1 aliphatic rings. The van der Waals surface area contributed by atoms with Crippen molar-refractivity contribution in [1.82, 2.24) is 16.0 Å². The zero-order valence-electron chi connectivity index (χ0n) is 7.72. The molecular weight excluding hydrogens is 170 g/mol. The first-order valence-corrected chi connectivity index (χ1v) is 4.43. The van der Waals surface area contributed by atoms with Crippen LogP contribution in [0.3, 0.4) is 0 Å². The molecule has 1 saturated heterocycles. The Labute approximate surface area is 77.3 Å². The second-order valence-electron chi connectivity index (χ2n) is 3.08. The molecule has 0 spiro atoms. The van der Waals surface area contributed by atoms with E-state index in [1.54, 1.807) is 7.05 Å². The molecular formula is C8H15N3O2. The molecule has 0 aromatic carbocycles. The Morgan fingerprint density at radius 2 is 2.31 bits per heavy atom. The van der Waals surface area contributed by atoms with Crippen LogP contribution in [0.5, 0.6) is 0 Å². The normalized spacial score (nSPS) is 21.2. The van der Waals surface area contributed by atoms with Gasteiger partial charge in [0, 0.05) is 13.6 Å². The number of carbonyl (C=O) groups is 2. The molecule has 1 fully saturated rings. The minimum Gasteiger partial charge on any atom is -0.358 e. The van der Waals surface area contributed by atoms with Crippen LogP contribution in [0, 0.1) is 5.92 Å². The lowest BCUT2D eigenvalue weighted by Crippen LogP contribution is -2.38. The summed E-state index contributed by atoms with van der Waals surface area (Å²) in [4.78, 5) is 22.1. The van der Waals surface area contributed by atoms with E-state index in [4.69, 9.17) is 0 Å². The van der Waals surface area contributed by atoms with E-state index in [-0.39, 0.29) is 24.3 Å². The predicted molar refractivity (Wildman–Crippen MR) is 48.1 cm³/mol. The second kappa shape index (κ2) is 4.81. The van der Waals surface area contributed by atoms with Crippen LogP contribution in [0.2, 0.25) is 0 Å². The standard InChI is InChI=1S/C8H15N3O2/c1-9-7(12)5-11-8(13)6-2-3-10-4-6/h6,10H,2-5H2,1H3,(H,9,12)(H,11,13)/t6-/m1/s1.